The average molecular weight is 379 g/mol. The molecule has 3 rings (SSSR count). The number of benzene rings is 1. The fourth-order valence-electron chi connectivity index (χ4n) is 3.53. The highest BCUT2D eigenvalue weighted by molar-refractivity contribution is 7.89. The van der Waals surface area contributed by atoms with Crippen molar-refractivity contribution in [2.75, 3.05) is 19.6 Å². The van der Waals surface area contributed by atoms with Gasteiger partial charge in [0.2, 0.25) is 21.8 Å². The van der Waals surface area contributed by atoms with E-state index in [0.717, 1.165) is 5.56 Å². The van der Waals surface area contributed by atoms with Crippen LogP contribution in [-0.4, -0.2) is 61.2 Å². The number of nitrogens with one attached hydrogen (secondary N) is 1. The van der Waals surface area contributed by atoms with Crippen molar-refractivity contribution in [3.8, 4) is 0 Å². The summed E-state index contributed by atoms with van der Waals surface area (Å²) in [5.41, 5.74) is 1.53. The molecule has 2 amide bonds. The summed E-state index contributed by atoms with van der Waals surface area (Å²) in [6, 6.07) is 3.98. The maximum atomic E-state index is 13.1. The zero-order chi connectivity index (χ0) is 19.2. The summed E-state index contributed by atoms with van der Waals surface area (Å²) < 4.78 is 27.5. The number of hydrogen-bond acceptors (Lipinski definition) is 4. The van der Waals surface area contributed by atoms with Gasteiger partial charge in [-0.05, 0) is 37.0 Å². The van der Waals surface area contributed by atoms with Gasteiger partial charge in [-0.2, -0.15) is 4.31 Å². The third kappa shape index (κ3) is 3.12. The van der Waals surface area contributed by atoms with Crippen molar-refractivity contribution in [3.05, 3.63) is 29.3 Å². The summed E-state index contributed by atoms with van der Waals surface area (Å²) >= 11 is 0. The zero-order valence-electron chi connectivity index (χ0n) is 15.5. The second-order valence-corrected chi connectivity index (χ2v) is 9.32. The summed E-state index contributed by atoms with van der Waals surface area (Å²) in [6.07, 6.45) is 0. The lowest BCUT2D eigenvalue weighted by Crippen LogP contribution is -2.70. The Hall–Kier alpha value is -1.93. The van der Waals surface area contributed by atoms with E-state index in [1.807, 2.05) is 26.8 Å². The van der Waals surface area contributed by atoms with E-state index in [0.29, 0.717) is 5.56 Å². The Morgan fingerprint density at radius 2 is 1.85 bits per heavy atom. The van der Waals surface area contributed by atoms with Gasteiger partial charge in [0.05, 0.1) is 4.90 Å². The number of fused-ring (bicyclic) bond motifs is 1. The van der Waals surface area contributed by atoms with E-state index in [2.05, 4.69) is 5.32 Å². The first-order valence-corrected chi connectivity index (χ1v) is 10.2. The first-order chi connectivity index (χ1) is 12.1. The third-order valence-corrected chi connectivity index (χ3v) is 7.13. The third-order valence-electron chi connectivity index (χ3n) is 5.12. The van der Waals surface area contributed by atoms with E-state index in [9.17, 15) is 18.0 Å². The molecule has 0 radical (unpaired) electrons. The molecule has 2 aliphatic rings. The van der Waals surface area contributed by atoms with Gasteiger partial charge in [0.25, 0.3) is 0 Å². The number of aryl methyl sites for hydroxylation is 2. The Labute approximate surface area is 154 Å². The van der Waals surface area contributed by atoms with Crippen molar-refractivity contribution in [1.29, 1.82) is 0 Å². The smallest absolute Gasteiger partial charge is 0.246 e. The summed E-state index contributed by atoms with van der Waals surface area (Å²) in [5.74, 6) is -0.429. The number of amides is 2. The van der Waals surface area contributed by atoms with Crippen LogP contribution < -0.4 is 5.32 Å². The van der Waals surface area contributed by atoms with Gasteiger partial charge in [0.1, 0.15) is 12.1 Å². The summed E-state index contributed by atoms with van der Waals surface area (Å²) in [6.45, 7) is 7.76. The van der Waals surface area contributed by atoms with Crippen LogP contribution >= 0.6 is 0 Å². The largest absolute Gasteiger partial charge is 0.342 e. The molecular formula is C18H25N3O4S. The first kappa shape index (κ1) is 18.8. The van der Waals surface area contributed by atoms with E-state index >= 15 is 0 Å². The molecule has 0 aromatic heterocycles. The zero-order valence-corrected chi connectivity index (χ0v) is 16.3. The Bertz CT molecular complexity index is 850. The van der Waals surface area contributed by atoms with Crippen LogP contribution in [-0.2, 0) is 19.6 Å². The molecule has 0 unspecified atom stereocenters. The van der Waals surface area contributed by atoms with Gasteiger partial charge < -0.3 is 10.2 Å². The van der Waals surface area contributed by atoms with Crippen LogP contribution in [0.25, 0.3) is 0 Å². The van der Waals surface area contributed by atoms with Gasteiger partial charge >= 0.3 is 0 Å². The maximum absolute atomic E-state index is 13.1. The standard InChI is InChI=1S/C18H25N3O4S/c1-11(2)16-18(23)21-8-7-20(10-14(21)17(22)19-16)26(24,25)15-9-12(3)5-6-13(15)4/h5-6,9,11,14,16H,7-8,10H2,1-4H3,(H,19,22)/t14-,16+/m1/s1. The lowest BCUT2D eigenvalue weighted by Gasteiger charge is -2.45. The minimum Gasteiger partial charge on any atom is -0.342 e. The van der Waals surface area contributed by atoms with Crippen molar-refractivity contribution < 1.29 is 18.0 Å². The van der Waals surface area contributed by atoms with Crippen LogP contribution in [0.15, 0.2) is 23.1 Å². The second-order valence-electron chi connectivity index (χ2n) is 7.41. The summed E-state index contributed by atoms with van der Waals surface area (Å²) in [4.78, 5) is 26.9. The Kier molecular flexibility index (Phi) is 4.83. The Morgan fingerprint density at radius 1 is 1.15 bits per heavy atom. The van der Waals surface area contributed by atoms with Crippen molar-refractivity contribution in [2.45, 2.75) is 44.7 Å². The molecule has 2 atom stereocenters. The molecule has 8 heteroatoms. The number of sulfonamides is 1. The number of piperazine rings is 2. The van der Waals surface area contributed by atoms with Crippen molar-refractivity contribution >= 4 is 21.8 Å². The van der Waals surface area contributed by atoms with Gasteiger partial charge in [-0.1, -0.05) is 26.0 Å². The van der Waals surface area contributed by atoms with E-state index in [1.165, 1.54) is 9.21 Å². The van der Waals surface area contributed by atoms with E-state index < -0.39 is 22.1 Å². The van der Waals surface area contributed by atoms with Crippen LogP contribution in [0.5, 0.6) is 0 Å². The summed E-state index contributed by atoms with van der Waals surface area (Å²) in [7, 11) is -3.72. The van der Waals surface area contributed by atoms with E-state index in [4.69, 9.17) is 0 Å². The number of hydrogen-bond donors (Lipinski definition) is 1. The number of carbonyl (C=O) groups excluding carboxylic acids is 2. The molecule has 2 fully saturated rings. The molecule has 2 saturated heterocycles. The minimum absolute atomic E-state index is 0.0101. The highest BCUT2D eigenvalue weighted by Crippen LogP contribution is 2.26. The molecule has 1 aromatic carbocycles. The van der Waals surface area contributed by atoms with Crippen LogP contribution in [0.3, 0.4) is 0 Å². The van der Waals surface area contributed by atoms with E-state index in [1.54, 1.807) is 19.1 Å². The number of nitrogens with zero attached hydrogens (tertiary/aromatic N) is 2. The van der Waals surface area contributed by atoms with Crippen LogP contribution in [0.4, 0.5) is 0 Å². The van der Waals surface area contributed by atoms with Gasteiger partial charge in [0.15, 0.2) is 0 Å². The average Bonchev–Trinajstić information content (AvgIpc) is 2.59. The highest BCUT2D eigenvalue weighted by Gasteiger charge is 2.46. The normalized spacial score (nSPS) is 24.6. The van der Waals surface area contributed by atoms with Crippen molar-refractivity contribution in [2.24, 2.45) is 5.92 Å². The molecular weight excluding hydrogens is 354 g/mol. The molecule has 26 heavy (non-hydrogen) atoms. The van der Waals surface area contributed by atoms with Gasteiger partial charge in [0, 0.05) is 19.6 Å². The molecule has 0 bridgehead atoms. The van der Waals surface area contributed by atoms with Gasteiger partial charge in [-0.25, -0.2) is 8.42 Å². The minimum atomic E-state index is -3.72. The van der Waals surface area contributed by atoms with Crippen LogP contribution in [0, 0.1) is 19.8 Å². The second kappa shape index (κ2) is 6.66. The first-order valence-electron chi connectivity index (χ1n) is 8.81. The maximum Gasteiger partial charge on any atom is 0.246 e. The monoisotopic (exact) mass is 379 g/mol. The molecule has 2 aliphatic heterocycles. The summed E-state index contributed by atoms with van der Waals surface area (Å²) in [5, 5.41) is 2.75. The van der Waals surface area contributed by atoms with E-state index in [-0.39, 0.29) is 42.3 Å². The molecule has 142 valence electrons. The SMILES string of the molecule is Cc1ccc(C)c(S(=O)(=O)N2CCN3C(=O)[C@H](C(C)C)NC(=O)[C@H]3C2)c1. The molecule has 0 saturated carbocycles. The lowest BCUT2D eigenvalue weighted by atomic mass is 9.97. The molecule has 0 aliphatic carbocycles. The van der Waals surface area contributed by atoms with Gasteiger partial charge in [-0.15, -0.1) is 0 Å². The molecule has 2 heterocycles. The van der Waals surface area contributed by atoms with Crippen molar-refractivity contribution in [3.63, 3.8) is 0 Å². The molecule has 1 aromatic rings. The fourth-order valence-corrected chi connectivity index (χ4v) is 5.28. The molecule has 7 nitrogen and oxygen atoms in total. The lowest BCUT2D eigenvalue weighted by molar-refractivity contribution is -0.152. The molecule has 0 spiro atoms. The Balaban J connectivity index is 1.87. The van der Waals surface area contributed by atoms with Crippen LogP contribution in [0.1, 0.15) is 25.0 Å². The topological polar surface area (TPSA) is 86.8 Å². The molecule has 1 N–H and O–H groups in total. The Morgan fingerprint density at radius 3 is 2.50 bits per heavy atom. The van der Waals surface area contributed by atoms with Gasteiger partial charge in [-0.3, -0.25) is 9.59 Å². The predicted molar refractivity (Wildman–Crippen MR) is 96.9 cm³/mol. The fraction of sp³-hybridized carbons (Fsp3) is 0.556. The van der Waals surface area contributed by atoms with Crippen molar-refractivity contribution in [1.82, 2.24) is 14.5 Å². The highest BCUT2D eigenvalue weighted by atomic mass is 32.2. The van der Waals surface area contributed by atoms with Crippen LogP contribution in [0.2, 0.25) is 0 Å². The number of carbonyl (C=O) groups is 2. The number of rotatable bonds is 3. The quantitative estimate of drug-likeness (QED) is 0.836. The predicted octanol–water partition coefficient (Wildman–Crippen LogP) is 0.659.